The molecule has 1 unspecified atom stereocenters. The normalized spacial score (nSPS) is 19.3. The monoisotopic (exact) mass is 367 g/mol. The fourth-order valence-corrected chi connectivity index (χ4v) is 3.38. The average molecular weight is 367 g/mol. The second-order valence-corrected chi connectivity index (χ2v) is 6.58. The number of ether oxygens (including phenoxy) is 1. The van der Waals surface area contributed by atoms with Crippen LogP contribution in [0.2, 0.25) is 0 Å². The van der Waals surface area contributed by atoms with Crippen LogP contribution < -0.4 is 15.8 Å². The Morgan fingerprint density at radius 2 is 2.15 bits per heavy atom. The number of nitrogens with two attached hydrogens (primary N) is 1. The molecule has 0 aliphatic heterocycles. The number of nitrogens with one attached hydrogen (secondary N) is 1. The number of aromatic nitrogens is 5. The lowest BCUT2D eigenvalue weighted by atomic mass is 10.1. The number of fused-ring (bicyclic) bond motifs is 1. The minimum absolute atomic E-state index is 0.0812. The van der Waals surface area contributed by atoms with Gasteiger partial charge in [-0.2, -0.15) is 9.67 Å². The maximum atomic E-state index is 11.3. The van der Waals surface area contributed by atoms with E-state index in [1.165, 1.54) is 0 Å². The Morgan fingerprint density at radius 3 is 2.85 bits per heavy atom. The number of primary amides is 1. The number of amides is 1. The van der Waals surface area contributed by atoms with Gasteiger partial charge in [0.2, 0.25) is 11.9 Å². The maximum absolute atomic E-state index is 11.3. The summed E-state index contributed by atoms with van der Waals surface area (Å²) in [6.45, 7) is 2.56. The van der Waals surface area contributed by atoms with E-state index in [4.69, 9.17) is 10.5 Å². The van der Waals surface area contributed by atoms with Gasteiger partial charge in [-0.1, -0.05) is 5.21 Å². The molecule has 0 saturated heterocycles. The topological polar surface area (TPSA) is 121 Å². The predicted molar refractivity (Wildman–Crippen MR) is 99.6 cm³/mol. The molecule has 1 aliphatic carbocycles. The molecule has 2 aromatic heterocycles. The third kappa shape index (κ3) is 3.53. The van der Waals surface area contributed by atoms with Crippen molar-refractivity contribution in [1.82, 2.24) is 25.0 Å². The highest BCUT2D eigenvalue weighted by Crippen LogP contribution is 2.27. The van der Waals surface area contributed by atoms with Gasteiger partial charge in [-0.25, -0.2) is 4.98 Å². The smallest absolute Gasteiger partial charge is 0.225 e. The van der Waals surface area contributed by atoms with Crippen molar-refractivity contribution >= 4 is 23.0 Å². The zero-order chi connectivity index (χ0) is 18.8. The van der Waals surface area contributed by atoms with Gasteiger partial charge in [0.05, 0.1) is 18.5 Å². The van der Waals surface area contributed by atoms with E-state index >= 15 is 0 Å². The number of anilines is 1. The van der Waals surface area contributed by atoms with Crippen molar-refractivity contribution < 1.29 is 9.53 Å². The number of nitrogens with zero attached hydrogens (tertiary/aromatic N) is 5. The van der Waals surface area contributed by atoms with Crippen LogP contribution in [0.15, 0.2) is 30.5 Å². The summed E-state index contributed by atoms with van der Waals surface area (Å²) in [4.78, 5) is 20.2. The summed E-state index contributed by atoms with van der Waals surface area (Å²) in [5, 5.41) is 11.6. The number of hydrogen-bond acceptors (Lipinski definition) is 7. The highest BCUT2D eigenvalue weighted by atomic mass is 16.5. The Kier molecular flexibility index (Phi) is 4.57. The van der Waals surface area contributed by atoms with Crippen molar-refractivity contribution in [2.24, 2.45) is 11.7 Å². The van der Waals surface area contributed by atoms with E-state index < -0.39 is 0 Å². The van der Waals surface area contributed by atoms with Crippen molar-refractivity contribution in [1.29, 1.82) is 0 Å². The zero-order valence-electron chi connectivity index (χ0n) is 15.0. The number of rotatable bonds is 6. The van der Waals surface area contributed by atoms with E-state index in [9.17, 15) is 4.79 Å². The van der Waals surface area contributed by atoms with Crippen molar-refractivity contribution in [2.45, 2.75) is 32.2 Å². The molecular weight excluding hydrogens is 346 g/mol. The highest BCUT2D eigenvalue weighted by Gasteiger charge is 2.28. The van der Waals surface area contributed by atoms with E-state index in [0.29, 0.717) is 30.1 Å². The average Bonchev–Trinajstić information content (AvgIpc) is 3.30. The van der Waals surface area contributed by atoms with Crippen LogP contribution in [0.3, 0.4) is 0 Å². The molecule has 140 valence electrons. The van der Waals surface area contributed by atoms with E-state index in [2.05, 4.69) is 25.6 Å². The van der Waals surface area contributed by atoms with E-state index in [1.807, 2.05) is 31.2 Å². The van der Waals surface area contributed by atoms with Gasteiger partial charge in [0.25, 0.3) is 0 Å². The number of carbonyl (C=O) groups excluding carboxylic acids is 1. The van der Waals surface area contributed by atoms with Crippen LogP contribution in [0.5, 0.6) is 5.75 Å². The number of carbonyl (C=O) groups is 1. The molecule has 1 aromatic carbocycles. The SMILES string of the molecule is CCOc1ccc(-n2nnc3cnc(NC4CC[C@H](C(N)=O)C4)nc32)cc1. The first-order chi connectivity index (χ1) is 13.1. The highest BCUT2D eigenvalue weighted by molar-refractivity contribution is 5.77. The Labute approximate surface area is 155 Å². The largest absolute Gasteiger partial charge is 0.494 e. The Hall–Kier alpha value is -3.23. The molecule has 0 radical (unpaired) electrons. The van der Waals surface area contributed by atoms with Crippen molar-refractivity contribution in [2.75, 3.05) is 11.9 Å². The van der Waals surface area contributed by atoms with E-state index in [1.54, 1.807) is 10.9 Å². The van der Waals surface area contributed by atoms with Gasteiger partial charge in [-0.15, -0.1) is 5.10 Å². The second kappa shape index (κ2) is 7.18. The summed E-state index contributed by atoms with van der Waals surface area (Å²) in [6, 6.07) is 7.71. The lowest BCUT2D eigenvalue weighted by Gasteiger charge is -2.12. The first-order valence-electron chi connectivity index (χ1n) is 9.01. The molecule has 27 heavy (non-hydrogen) atoms. The van der Waals surface area contributed by atoms with Crippen LogP contribution in [0.1, 0.15) is 26.2 Å². The molecular formula is C18H21N7O2. The van der Waals surface area contributed by atoms with Crippen molar-refractivity contribution in [3.05, 3.63) is 30.5 Å². The van der Waals surface area contributed by atoms with Crippen LogP contribution in [0.25, 0.3) is 16.9 Å². The maximum Gasteiger partial charge on any atom is 0.225 e. The van der Waals surface area contributed by atoms with Gasteiger partial charge in [-0.3, -0.25) is 4.79 Å². The van der Waals surface area contributed by atoms with Crippen LogP contribution in [-0.4, -0.2) is 43.5 Å². The molecule has 9 nitrogen and oxygen atoms in total. The second-order valence-electron chi connectivity index (χ2n) is 6.58. The molecule has 2 atom stereocenters. The zero-order valence-corrected chi connectivity index (χ0v) is 15.0. The van der Waals surface area contributed by atoms with Gasteiger partial charge in [0.1, 0.15) is 5.75 Å². The standard InChI is InChI=1S/C18H21N7O2/c1-2-27-14-7-5-13(6-8-14)25-17-15(23-24-25)10-20-18(22-17)21-12-4-3-11(9-12)16(19)26/h5-8,10-12H,2-4,9H2,1H3,(H2,19,26)(H,20,21,22)/t11-,12?/m0/s1. The summed E-state index contributed by atoms with van der Waals surface area (Å²) < 4.78 is 7.14. The summed E-state index contributed by atoms with van der Waals surface area (Å²) >= 11 is 0. The molecule has 4 rings (SSSR count). The quantitative estimate of drug-likeness (QED) is 0.680. The number of benzene rings is 1. The molecule has 0 spiro atoms. The molecule has 2 heterocycles. The van der Waals surface area contributed by atoms with E-state index in [-0.39, 0.29) is 17.9 Å². The Balaban J connectivity index is 1.57. The minimum Gasteiger partial charge on any atom is -0.494 e. The summed E-state index contributed by atoms with van der Waals surface area (Å²) in [5.74, 6) is 0.968. The van der Waals surface area contributed by atoms with Crippen molar-refractivity contribution in [3.63, 3.8) is 0 Å². The lowest BCUT2D eigenvalue weighted by molar-refractivity contribution is -0.121. The molecule has 1 aliphatic rings. The van der Waals surface area contributed by atoms with Gasteiger partial charge in [0.15, 0.2) is 11.2 Å². The first kappa shape index (κ1) is 17.2. The summed E-state index contributed by atoms with van der Waals surface area (Å²) in [5.41, 5.74) is 7.45. The van der Waals surface area contributed by atoms with E-state index in [0.717, 1.165) is 24.3 Å². The predicted octanol–water partition coefficient (Wildman–Crippen LogP) is 1.68. The van der Waals surface area contributed by atoms with Gasteiger partial charge >= 0.3 is 0 Å². The first-order valence-corrected chi connectivity index (χ1v) is 9.01. The fraction of sp³-hybridized carbons (Fsp3) is 0.389. The molecule has 9 heteroatoms. The van der Waals surface area contributed by atoms with Crippen LogP contribution in [0.4, 0.5) is 5.95 Å². The lowest BCUT2D eigenvalue weighted by Crippen LogP contribution is -2.23. The minimum atomic E-state index is -0.242. The van der Waals surface area contributed by atoms with Crippen LogP contribution in [0, 0.1) is 5.92 Å². The summed E-state index contributed by atoms with van der Waals surface area (Å²) in [7, 11) is 0. The summed E-state index contributed by atoms with van der Waals surface area (Å²) in [6.07, 6.45) is 4.00. The van der Waals surface area contributed by atoms with Crippen molar-refractivity contribution in [3.8, 4) is 11.4 Å². The fourth-order valence-electron chi connectivity index (χ4n) is 3.38. The Morgan fingerprint density at radius 1 is 1.33 bits per heavy atom. The molecule has 1 amide bonds. The van der Waals surface area contributed by atoms with Gasteiger partial charge < -0.3 is 15.8 Å². The molecule has 3 N–H and O–H groups in total. The molecule has 3 aromatic rings. The van der Waals surface area contributed by atoms with Crippen LogP contribution in [-0.2, 0) is 4.79 Å². The molecule has 1 saturated carbocycles. The Bertz CT molecular complexity index is 954. The van der Waals surface area contributed by atoms with Crippen LogP contribution >= 0.6 is 0 Å². The third-order valence-electron chi connectivity index (χ3n) is 4.75. The molecule has 0 bridgehead atoms. The van der Waals surface area contributed by atoms with Gasteiger partial charge in [0, 0.05) is 12.0 Å². The molecule has 1 fully saturated rings. The third-order valence-corrected chi connectivity index (χ3v) is 4.75. The van der Waals surface area contributed by atoms with Gasteiger partial charge in [-0.05, 0) is 50.5 Å². The number of hydrogen-bond donors (Lipinski definition) is 2.